The smallest absolute Gasteiger partial charge is 0.315 e. The molecule has 2 aliphatic rings. The van der Waals surface area contributed by atoms with Crippen molar-refractivity contribution in [2.24, 2.45) is 5.41 Å². The Kier molecular flexibility index (Phi) is 3.48. The van der Waals surface area contributed by atoms with Crippen molar-refractivity contribution in [3.8, 4) is 0 Å². The molecule has 106 valence electrons. The Labute approximate surface area is 114 Å². The van der Waals surface area contributed by atoms with Gasteiger partial charge in [-0.05, 0) is 37.5 Å². The molecule has 5 nitrogen and oxygen atoms in total. The second-order valence-electron chi connectivity index (χ2n) is 6.76. The van der Waals surface area contributed by atoms with E-state index in [4.69, 9.17) is 4.42 Å². The van der Waals surface area contributed by atoms with Crippen LogP contribution in [0.3, 0.4) is 0 Å². The van der Waals surface area contributed by atoms with Crippen LogP contribution in [0.2, 0.25) is 0 Å². The highest BCUT2D eigenvalue weighted by Crippen LogP contribution is 2.36. The van der Waals surface area contributed by atoms with Gasteiger partial charge in [-0.15, -0.1) is 5.10 Å². The third-order valence-corrected chi connectivity index (χ3v) is 4.12. The average molecular weight is 264 g/mol. The maximum Gasteiger partial charge on any atom is 0.315 e. The molecule has 2 aliphatic carbocycles. The highest BCUT2D eigenvalue weighted by Gasteiger charge is 2.28. The Morgan fingerprint density at radius 1 is 1.21 bits per heavy atom. The average Bonchev–Trinajstić information content (AvgIpc) is 3.06. The van der Waals surface area contributed by atoms with E-state index < -0.39 is 0 Å². The summed E-state index contributed by atoms with van der Waals surface area (Å²) in [5.41, 5.74) is 0.423. The van der Waals surface area contributed by atoms with E-state index in [1.807, 2.05) is 0 Å². The number of hydrogen-bond donors (Lipinski definition) is 2. The van der Waals surface area contributed by atoms with Gasteiger partial charge < -0.3 is 15.1 Å². The van der Waals surface area contributed by atoms with Gasteiger partial charge in [-0.2, -0.15) is 0 Å². The van der Waals surface area contributed by atoms with Crippen LogP contribution in [0.1, 0.15) is 58.3 Å². The van der Waals surface area contributed by atoms with Gasteiger partial charge in [-0.25, -0.2) is 0 Å². The van der Waals surface area contributed by atoms with Gasteiger partial charge in [0.2, 0.25) is 5.89 Å². The summed E-state index contributed by atoms with van der Waals surface area (Å²) in [7, 11) is 0. The lowest BCUT2D eigenvalue weighted by molar-refractivity contribution is 0.227. The van der Waals surface area contributed by atoms with Crippen LogP contribution in [0.5, 0.6) is 0 Å². The zero-order valence-electron chi connectivity index (χ0n) is 11.9. The zero-order chi connectivity index (χ0) is 13.3. The summed E-state index contributed by atoms with van der Waals surface area (Å²) in [6.45, 7) is 5.36. The van der Waals surface area contributed by atoms with Crippen molar-refractivity contribution in [3.05, 3.63) is 5.89 Å². The van der Waals surface area contributed by atoms with Gasteiger partial charge in [0.05, 0.1) is 6.54 Å². The molecule has 1 aromatic rings. The fourth-order valence-corrected chi connectivity index (χ4v) is 2.90. The summed E-state index contributed by atoms with van der Waals surface area (Å²) in [6, 6.07) is 1.71. The van der Waals surface area contributed by atoms with Crippen molar-refractivity contribution in [2.45, 2.75) is 71.0 Å². The Morgan fingerprint density at radius 2 is 2.05 bits per heavy atom. The molecule has 0 aromatic carbocycles. The van der Waals surface area contributed by atoms with Gasteiger partial charge in [-0.1, -0.05) is 25.4 Å². The number of nitrogens with zero attached hydrogens (tertiary/aromatic N) is 2. The maximum absolute atomic E-state index is 5.64. The zero-order valence-corrected chi connectivity index (χ0v) is 11.9. The van der Waals surface area contributed by atoms with Gasteiger partial charge in [0, 0.05) is 12.1 Å². The lowest BCUT2D eigenvalue weighted by Crippen LogP contribution is -2.31. The Hall–Kier alpha value is -1.10. The predicted molar refractivity (Wildman–Crippen MR) is 73.8 cm³/mol. The first-order valence-electron chi connectivity index (χ1n) is 7.43. The predicted octanol–water partition coefficient (Wildman–Crippen LogP) is 2.70. The molecule has 19 heavy (non-hydrogen) atoms. The molecule has 0 radical (unpaired) electrons. The van der Waals surface area contributed by atoms with Crippen LogP contribution < -0.4 is 10.6 Å². The summed E-state index contributed by atoms with van der Waals surface area (Å²) < 4.78 is 5.64. The molecule has 1 unspecified atom stereocenters. The van der Waals surface area contributed by atoms with E-state index in [2.05, 4.69) is 34.7 Å². The monoisotopic (exact) mass is 264 g/mol. The fraction of sp³-hybridized carbons (Fsp3) is 0.857. The van der Waals surface area contributed by atoms with Crippen LogP contribution in [-0.2, 0) is 6.54 Å². The number of rotatable bonds is 5. The molecule has 0 bridgehead atoms. The molecular formula is C14H24N4O. The molecule has 0 spiro atoms. The van der Waals surface area contributed by atoms with Crippen molar-refractivity contribution in [3.63, 3.8) is 0 Å². The maximum atomic E-state index is 5.64. The lowest BCUT2D eigenvalue weighted by atomic mass is 9.75. The van der Waals surface area contributed by atoms with Gasteiger partial charge in [-0.3, -0.25) is 0 Å². The third-order valence-electron chi connectivity index (χ3n) is 4.12. The number of aromatic nitrogens is 2. The lowest BCUT2D eigenvalue weighted by Gasteiger charge is -2.35. The van der Waals surface area contributed by atoms with E-state index >= 15 is 0 Å². The normalized spacial score (nSPS) is 26.3. The Morgan fingerprint density at radius 3 is 2.79 bits per heavy atom. The molecule has 2 fully saturated rings. The minimum absolute atomic E-state index is 0.423. The number of anilines is 1. The fourth-order valence-electron chi connectivity index (χ4n) is 2.90. The molecule has 5 heteroatoms. The first kappa shape index (κ1) is 12.9. The Bertz CT molecular complexity index is 425. The quantitative estimate of drug-likeness (QED) is 0.856. The van der Waals surface area contributed by atoms with Crippen LogP contribution >= 0.6 is 0 Å². The molecule has 1 aromatic heterocycles. The summed E-state index contributed by atoms with van der Waals surface area (Å²) in [6.07, 6.45) is 7.50. The topological polar surface area (TPSA) is 63.0 Å². The summed E-state index contributed by atoms with van der Waals surface area (Å²) in [5, 5.41) is 14.9. The van der Waals surface area contributed by atoms with E-state index in [1.165, 1.54) is 38.5 Å². The number of hydrogen-bond acceptors (Lipinski definition) is 5. The second-order valence-corrected chi connectivity index (χ2v) is 6.76. The molecule has 3 rings (SSSR count). The molecular weight excluding hydrogens is 240 g/mol. The minimum Gasteiger partial charge on any atom is -0.407 e. The summed E-state index contributed by atoms with van der Waals surface area (Å²) in [4.78, 5) is 0. The highest BCUT2D eigenvalue weighted by atomic mass is 16.4. The van der Waals surface area contributed by atoms with Gasteiger partial charge >= 0.3 is 6.01 Å². The third kappa shape index (κ3) is 3.69. The van der Waals surface area contributed by atoms with E-state index in [0.29, 0.717) is 35.9 Å². The van der Waals surface area contributed by atoms with E-state index in [9.17, 15) is 0 Å². The molecule has 2 N–H and O–H groups in total. The van der Waals surface area contributed by atoms with Gasteiger partial charge in [0.25, 0.3) is 0 Å². The van der Waals surface area contributed by atoms with Crippen LogP contribution in [-0.4, -0.2) is 22.3 Å². The standard InChI is InChI=1S/C14H24N4O/c1-14(2)7-3-4-11(8-14)16-13-18-17-12(19-13)9-15-10-5-6-10/h10-11,15H,3-9H2,1-2H3,(H,16,18). The molecule has 2 saturated carbocycles. The molecule has 0 aliphatic heterocycles. The van der Waals surface area contributed by atoms with Crippen molar-refractivity contribution in [2.75, 3.05) is 5.32 Å². The van der Waals surface area contributed by atoms with Gasteiger partial charge in [0.1, 0.15) is 0 Å². The van der Waals surface area contributed by atoms with Crippen molar-refractivity contribution < 1.29 is 4.42 Å². The number of nitrogens with one attached hydrogen (secondary N) is 2. The minimum atomic E-state index is 0.423. The molecule has 0 amide bonds. The van der Waals surface area contributed by atoms with E-state index in [0.717, 1.165) is 0 Å². The van der Waals surface area contributed by atoms with Crippen molar-refractivity contribution >= 4 is 6.01 Å². The van der Waals surface area contributed by atoms with E-state index in [1.54, 1.807) is 0 Å². The van der Waals surface area contributed by atoms with Crippen molar-refractivity contribution in [1.29, 1.82) is 0 Å². The first-order valence-corrected chi connectivity index (χ1v) is 7.43. The second kappa shape index (κ2) is 5.12. The largest absolute Gasteiger partial charge is 0.407 e. The van der Waals surface area contributed by atoms with Crippen molar-refractivity contribution in [1.82, 2.24) is 15.5 Å². The van der Waals surface area contributed by atoms with Gasteiger partial charge in [0.15, 0.2) is 0 Å². The van der Waals surface area contributed by atoms with E-state index in [-0.39, 0.29) is 0 Å². The summed E-state index contributed by atoms with van der Waals surface area (Å²) >= 11 is 0. The van der Waals surface area contributed by atoms with Crippen LogP contribution in [0.4, 0.5) is 6.01 Å². The summed E-state index contributed by atoms with van der Waals surface area (Å²) in [5.74, 6) is 0.685. The van der Waals surface area contributed by atoms with Crippen LogP contribution in [0.25, 0.3) is 0 Å². The molecule has 1 heterocycles. The Balaban J connectivity index is 1.51. The van der Waals surface area contributed by atoms with Crippen LogP contribution in [0.15, 0.2) is 4.42 Å². The first-order chi connectivity index (χ1) is 9.11. The van der Waals surface area contributed by atoms with Crippen LogP contribution in [0, 0.1) is 5.41 Å². The SMILES string of the molecule is CC1(C)CCCC(Nc2nnc(CNC3CC3)o2)C1. The molecule has 1 atom stereocenters. The highest BCUT2D eigenvalue weighted by molar-refractivity contribution is 5.20. The molecule has 0 saturated heterocycles.